The van der Waals surface area contributed by atoms with E-state index in [0.717, 1.165) is 24.9 Å². The number of alkyl halides is 1. The Balaban J connectivity index is 2.08. The summed E-state index contributed by atoms with van der Waals surface area (Å²) in [6.07, 6.45) is 2.02. The van der Waals surface area contributed by atoms with Crippen LogP contribution in [0.5, 0.6) is 0 Å². The first-order valence-corrected chi connectivity index (χ1v) is 7.05. The molecule has 3 heteroatoms. The molecule has 1 amide bonds. The molecule has 1 unspecified atom stereocenters. The maximum absolute atomic E-state index is 12.3. The fourth-order valence-electron chi connectivity index (χ4n) is 2.30. The van der Waals surface area contributed by atoms with Gasteiger partial charge >= 0.3 is 0 Å². The third kappa shape index (κ3) is 3.05. The summed E-state index contributed by atoms with van der Waals surface area (Å²) in [7, 11) is 0. The molecule has 0 radical (unpaired) electrons. The molecule has 0 aliphatic carbocycles. The number of likely N-dealkylation sites (tertiary alicyclic amines) is 1. The fourth-order valence-corrected chi connectivity index (χ4v) is 2.62. The van der Waals surface area contributed by atoms with E-state index in [2.05, 4.69) is 13.8 Å². The van der Waals surface area contributed by atoms with Crippen LogP contribution in [0.4, 0.5) is 0 Å². The molecule has 18 heavy (non-hydrogen) atoms. The van der Waals surface area contributed by atoms with Crippen molar-refractivity contribution in [3.05, 3.63) is 35.4 Å². The topological polar surface area (TPSA) is 20.3 Å². The monoisotopic (exact) mass is 265 g/mol. The average Bonchev–Trinajstić information content (AvgIpc) is 2.38. The lowest BCUT2D eigenvalue weighted by Gasteiger charge is -2.29. The quantitative estimate of drug-likeness (QED) is 0.748. The van der Waals surface area contributed by atoms with Gasteiger partial charge in [0.05, 0.1) is 5.38 Å². The van der Waals surface area contributed by atoms with Gasteiger partial charge in [-0.1, -0.05) is 26.0 Å². The van der Waals surface area contributed by atoms with Crippen molar-refractivity contribution in [2.45, 2.75) is 38.0 Å². The van der Waals surface area contributed by atoms with Gasteiger partial charge in [0.25, 0.3) is 5.91 Å². The highest BCUT2D eigenvalue weighted by molar-refractivity contribution is 6.21. The summed E-state index contributed by atoms with van der Waals surface area (Å²) in [4.78, 5) is 14.2. The van der Waals surface area contributed by atoms with E-state index in [-0.39, 0.29) is 11.3 Å². The van der Waals surface area contributed by atoms with Gasteiger partial charge in [-0.2, -0.15) is 0 Å². The molecule has 0 spiro atoms. The first-order chi connectivity index (χ1) is 8.58. The number of piperidine rings is 1. The Bertz CT molecular complexity index is 413. The molecule has 98 valence electrons. The fraction of sp³-hybridized carbons (Fsp3) is 0.533. The predicted molar refractivity (Wildman–Crippen MR) is 75.3 cm³/mol. The number of rotatable bonds is 2. The number of amides is 1. The minimum atomic E-state index is 0.107. The maximum atomic E-state index is 12.3. The number of halogens is 1. The van der Waals surface area contributed by atoms with Gasteiger partial charge in [0.1, 0.15) is 0 Å². The minimum absolute atomic E-state index is 0.107. The molecule has 2 rings (SSSR count). The van der Waals surface area contributed by atoms with E-state index in [1.807, 2.05) is 29.2 Å². The number of carbonyl (C=O) groups excluding carboxylic acids is 1. The number of hydrogen-bond donors (Lipinski definition) is 0. The van der Waals surface area contributed by atoms with E-state index < -0.39 is 0 Å². The smallest absolute Gasteiger partial charge is 0.253 e. The average molecular weight is 266 g/mol. The van der Waals surface area contributed by atoms with E-state index in [4.69, 9.17) is 11.6 Å². The molecule has 1 aromatic carbocycles. The highest BCUT2D eigenvalue weighted by Crippen LogP contribution is 2.19. The molecule has 1 heterocycles. The minimum Gasteiger partial charge on any atom is -0.337 e. The lowest BCUT2D eigenvalue weighted by atomic mass is 10.0. The zero-order chi connectivity index (χ0) is 13.1. The van der Waals surface area contributed by atoms with Crippen LogP contribution in [0, 0.1) is 0 Å². The number of carbonyl (C=O) groups is 1. The maximum Gasteiger partial charge on any atom is 0.253 e. The molecule has 0 aromatic heterocycles. The van der Waals surface area contributed by atoms with Gasteiger partial charge in [0.2, 0.25) is 0 Å². The van der Waals surface area contributed by atoms with Crippen LogP contribution in [-0.4, -0.2) is 29.3 Å². The molecule has 1 aliphatic heterocycles. The second kappa shape index (κ2) is 5.75. The van der Waals surface area contributed by atoms with Crippen LogP contribution in [0.3, 0.4) is 0 Å². The Morgan fingerprint density at radius 3 is 2.56 bits per heavy atom. The van der Waals surface area contributed by atoms with Crippen LogP contribution in [-0.2, 0) is 0 Å². The van der Waals surface area contributed by atoms with Gasteiger partial charge in [-0.05, 0) is 36.5 Å². The Kier molecular flexibility index (Phi) is 4.28. The van der Waals surface area contributed by atoms with Gasteiger partial charge in [-0.3, -0.25) is 4.79 Å². The predicted octanol–water partition coefficient (Wildman–Crippen LogP) is 3.65. The summed E-state index contributed by atoms with van der Waals surface area (Å²) in [6.45, 7) is 5.80. The molecule has 1 aliphatic rings. The standard InChI is InChI=1S/C15H20ClNO/c1-11(2)12-5-7-13(8-6-12)15(18)17-9-3-4-14(16)10-17/h5-8,11,14H,3-4,9-10H2,1-2H3. The zero-order valence-electron chi connectivity index (χ0n) is 11.0. The first kappa shape index (κ1) is 13.4. The van der Waals surface area contributed by atoms with Gasteiger partial charge in [-0.15, -0.1) is 11.6 Å². The Morgan fingerprint density at radius 2 is 2.00 bits per heavy atom. The first-order valence-electron chi connectivity index (χ1n) is 6.61. The van der Waals surface area contributed by atoms with Crippen LogP contribution in [0.25, 0.3) is 0 Å². The van der Waals surface area contributed by atoms with E-state index in [1.54, 1.807) is 0 Å². The largest absolute Gasteiger partial charge is 0.337 e. The Labute approximate surface area is 114 Å². The molecular weight excluding hydrogens is 246 g/mol. The van der Waals surface area contributed by atoms with Gasteiger partial charge in [-0.25, -0.2) is 0 Å². The molecule has 1 atom stereocenters. The summed E-state index contributed by atoms with van der Waals surface area (Å²) >= 11 is 6.12. The highest BCUT2D eigenvalue weighted by atomic mass is 35.5. The molecule has 0 bridgehead atoms. The van der Waals surface area contributed by atoms with Crippen molar-refractivity contribution in [2.75, 3.05) is 13.1 Å². The van der Waals surface area contributed by atoms with Gasteiger partial charge < -0.3 is 4.90 Å². The number of hydrogen-bond acceptors (Lipinski definition) is 1. The number of nitrogens with zero attached hydrogens (tertiary/aromatic N) is 1. The van der Waals surface area contributed by atoms with Gasteiger partial charge in [0.15, 0.2) is 0 Å². The van der Waals surface area contributed by atoms with Crippen LogP contribution >= 0.6 is 11.6 Å². The van der Waals surface area contributed by atoms with Crippen molar-refractivity contribution < 1.29 is 4.79 Å². The third-order valence-corrected chi connectivity index (χ3v) is 3.83. The molecule has 0 N–H and O–H groups in total. The van der Waals surface area contributed by atoms with Crippen molar-refractivity contribution in [3.63, 3.8) is 0 Å². The van der Waals surface area contributed by atoms with Crippen molar-refractivity contribution in [1.82, 2.24) is 4.90 Å². The normalized spacial score (nSPS) is 20.2. The van der Waals surface area contributed by atoms with Crippen molar-refractivity contribution in [1.29, 1.82) is 0 Å². The third-order valence-electron chi connectivity index (χ3n) is 3.48. The van der Waals surface area contributed by atoms with Crippen molar-refractivity contribution in [3.8, 4) is 0 Å². The van der Waals surface area contributed by atoms with Gasteiger partial charge in [0, 0.05) is 18.7 Å². The van der Waals surface area contributed by atoms with E-state index in [0.29, 0.717) is 12.5 Å². The summed E-state index contributed by atoms with van der Waals surface area (Å²) < 4.78 is 0. The highest BCUT2D eigenvalue weighted by Gasteiger charge is 2.22. The zero-order valence-corrected chi connectivity index (χ0v) is 11.8. The van der Waals surface area contributed by atoms with Crippen LogP contribution in [0.2, 0.25) is 0 Å². The van der Waals surface area contributed by atoms with Crippen LogP contribution in [0.15, 0.2) is 24.3 Å². The van der Waals surface area contributed by atoms with Crippen LogP contribution < -0.4 is 0 Å². The SMILES string of the molecule is CC(C)c1ccc(C(=O)N2CCCC(Cl)C2)cc1. The summed E-state index contributed by atoms with van der Waals surface area (Å²) in [5.41, 5.74) is 2.03. The van der Waals surface area contributed by atoms with Crippen molar-refractivity contribution >= 4 is 17.5 Å². The summed E-state index contributed by atoms with van der Waals surface area (Å²) in [5, 5.41) is 0.109. The molecule has 1 aromatic rings. The lowest BCUT2D eigenvalue weighted by Crippen LogP contribution is -2.40. The van der Waals surface area contributed by atoms with E-state index >= 15 is 0 Å². The lowest BCUT2D eigenvalue weighted by molar-refractivity contribution is 0.0727. The molecular formula is C15H20ClNO. The second-order valence-electron chi connectivity index (χ2n) is 5.27. The Morgan fingerprint density at radius 1 is 1.33 bits per heavy atom. The summed E-state index contributed by atoms with van der Waals surface area (Å²) in [5.74, 6) is 0.604. The van der Waals surface area contributed by atoms with E-state index in [1.165, 1.54) is 5.56 Å². The molecule has 1 fully saturated rings. The van der Waals surface area contributed by atoms with Crippen LogP contribution in [0.1, 0.15) is 48.5 Å². The molecule has 1 saturated heterocycles. The summed E-state index contributed by atoms with van der Waals surface area (Å²) in [6, 6.07) is 7.94. The Hall–Kier alpha value is -1.02. The second-order valence-corrected chi connectivity index (χ2v) is 5.88. The number of benzene rings is 1. The molecule has 2 nitrogen and oxygen atoms in total. The molecule has 0 saturated carbocycles. The van der Waals surface area contributed by atoms with E-state index in [9.17, 15) is 4.79 Å². The van der Waals surface area contributed by atoms with Crippen molar-refractivity contribution in [2.24, 2.45) is 0 Å².